The monoisotopic (exact) mass is 693 g/mol. The van der Waals surface area contributed by atoms with Crippen molar-refractivity contribution in [2.45, 2.75) is 6.17 Å². The van der Waals surface area contributed by atoms with Crippen molar-refractivity contribution >= 4 is 66.3 Å². The van der Waals surface area contributed by atoms with E-state index in [0.717, 1.165) is 93.9 Å². The van der Waals surface area contributed by atoms with Crippen LogP contribution in [0.4, 0.5) is 0 Å². The fourth-order valence-corrected chi connectivity index (χ4v) is 8.04. The predicted molar refractivity (Wildman–Crippen MR) is 221 cm³/mol. The summed E-state index contributed by atoms with van der Waals surface area (Å²) < 4.78 is 12.9. The summed E-state index contributed by atoms with van der Waals surface area (Å²) in [5, 5.41) is 10.2. The standard InChI is InChI=1S/C49H31N3O2/c1-3-13-30(14-4-1)32-25-28-43-41(29-32)45-37(20-12-24-44(45)53-43)35-26-27-39(34-18-8-7-17-33(34)35)48-50-47(31-15-5-2-6-16-31)51-49(52-48)40-22-11-21-38-36-19-9-10-23-42(36)54-46(38)40/h1-29,47H,(H,50,51,52). The Bertz CT molecular complexity index is 3140. The van der Waals surface area contributed by atoms with Crippen LogP contribution < -0.4 is 5.32 Å². The molecular formula is C49H31N3O2. The number of hydrogen-bond acceptors (Lipinski definition) is 5. The molecule has 8 aromatic carbocycles. The van der Waals surface area contributed by atoms with Crippen molar-refractivity contribution < 1.29 is 8.83 Å². The minimum absolute atomic E-state index is 0.350. The Labute approximate surface area is 310 Å². The average Bonchev–Trinajstić information content (AvgIpc) is 3.82. The average molecular weight is 694 g/mol. The fourth-order valence-electron chi connectivity index (χ4n) is 8.04. The van der Waals surface area contributed by atoms with Gasteiger partial charge in [-0.1, -0.05) is 146 Å². The second-order valence-electron chi connectivity index (χ2n) is 13.7. The summed E-state index contributed by atoms with van der Waals surface area (Å²) in [5.41, 5.74) is 10.9. The summed E-state index contributed by atoms with van der Waals surface area (Å²) in [6, 6.07) is 61.0. The number of para-hydroxylation sites is 2. The van der Waals surface area contributed by atoms with Gasteiger partial charge in [-0.15, -0.1) is 0 Å². The lowest BCUT2D eigenvalue weighted by Crippen LogP contribution is -2.33. The molecule has 5 nitrogen and oxygen atoms in total. The molecule has 1 aliphatic heterocycles. The van der Waals surface area contributed by atoms with E-state index in [1.807, 2.05) is 42.5 Å². The Morgan fingerprint density at radius 3 is 1.93 bits per heavy atom. The van der Waals surface area contributed by atoms with Gasteiger partial charge in [-0.25, -0.2) is 9.98 Å². The maximum atomic E-state index is 6.47. The SMILES string of the molecule is c1ccc(-c2ccc3oc4cccc(-c5ccc(C6=NC(c7cccc8c7oc7ccccc78)=NC(c7ccccc7)N6)c6ccccc56)c4c3c2)cc1. The molecule has 1 unspecified atom stereocenters. The predicted octanol–water partition coefficient (Wildman–Crippen LogP) is 12.5. The highest BCUT2D eigenvalue weighted by atomic mass is 16.3. The maximum Gasteiger partial charge on any atom is 0.163 e. The summed E-state index contributed by atoms with van der Waals surface area (Å²) in [6.45, 7) is 0. The third-order valence-corrected chi connectivity index (χ3v) is 10.6. The van der Waals surface area contributed by atoms with Crippen LogP contribution in [0.2, 0.25) is 0 Å². The van der Waals surface area contributed by atoms with Crippen LogP contribution in [0.15, 0.2) is 195 Å². The highest BCUT2D eigenvalue weighted by molar-refractivity contribution is 6.23. The fraction of sp³-hybridized carbons (Fsp3) is 0.0204. The van der Waals surface area contributed by atoms with Crippen molar-refractivity contribution in [3.63, 3.8) is 0 Å². The molecule has 0 saturated carbocycles. The van der Waals surface area contributed by atoms with E-state index in [-0.39, 0.29) is 6.17 Å². The Morgan fingerprint density at radius 2 is 1.07 bits per heavy atom. The van der Waals surface area contributed by atoms with Gasteiger partial charge in [-0.2, -0.15) is 0 Å². The van der Waals surface area contributed by atoms with E-state index in [9.17, 15) is 0 Å². The Morgan fingerprint density at radius 1 is 0.426 bits per heavy atom. The highest BCUT2D eigenvalue weighted by Crippen LogP contribution is 2.41. The quantitative estimate of drug-likeness (QED) is 0.195. The van der Waals surface area contributed by atoms with Crippen LogP contribution in [-0.2, 0) is 0 Å². The van der Waals surface area contributed by atoms with Crippen molar-refractivity contribution in [2.24, 2.45) is 9.98 Å². The van der Waals surface area contributed by atoms with Crippen molar-refractivity contribution in [3.05, 3.63) is 193 Å². The van der Waals surface area contributed by atoms with Gasteiger partial charge in [0.25, 0.3) is 0 Å². The van der Waals surface area contributed by atoms with E-state index in [1.54, 1.807) is 0 Å². The molecular weight excluding hydrogens is 663 g/mol. The molecule has 0 aliphatic carbocycles. The van der Waals surface area contributed by atoms with Gasteiger partial charge in [-0.05, 0) is 68.9 Å². The zero-order chi connectivity index (χ0) is 35.6. The van der Waals surface area contributed by atoms with Crippen molar-refractivity contribution in [3.8, 4) is 22.3 Å². The number of fused-ring (bicyclic) bond motifs is 7. The van der Waals surface area contributed by atoms with E-state index in [1.165, 1.54) is 5.56 Å². The van der Waals surface area contributed by atoms with Gasteiger partial charge >= 0.3 is 0 Å². The summed E-state index contributed by atoms with van der Waals surface area (Å²) in [6.07, 6.45) is -0.350. The van der Waals surface area contributed by atoms with Crippen LogP contribution in [-0.4, -0.2) is 11.7 Å². The minimum Gasteiger partial charge on any atom is -0.456 e. The van der Waals surface area contributed by atoms with Gasteiger partial charge in [0, 0.05) is 27.1 Å². The maximum absolute atomic E-state index is 6.47. The molecule has 0 spiro atoms. The molecule has 254 valence electrons. The van der Waals surface area contributed by atoms with Gasteiger partial charge in [0.15, 0.2) is 5.84 Å². The van der Waals surface area contributed by atoms with Crippen LogP contribution >= 0.6 is 0 Å². The van der Waals surface area contributed by atoms with Crippen LogP contribution in [0.5, 0.6) is 0 Å². The number of hydrogen-bond donors (Lipinski definition) is 1. The van der Waals surface area contributed by atoms with Crippen LogP contribution in [0.25, 0.3) is 76.9 Å². The van der Waals surface area contributed by atoms with Gasteiger partial charge in [-0.3, -0.25) is 0 Å². The Balaban J connectivity index is 1.09. The molecule has 2 aromatic heterocycles. The zero-order valence-electron chi connectivity index (χ0n) is 29.0. The lowest BCUT2D eigenvalue weighted by molar-refractivity contribution is 0.663. The topological polar surface area (TPSA) is 63.0 Å². The van der Waals surface area contributed by atoms with Gasteiger partial charge in [0.1, 0.15) is 34.3 Å². The molecule has 0 saturated heterocycles. The number of nitrogens with zero attached hydrogens (tertiary/aromatic N) is 2. The smallest absolute Gasteiger partial charge is 0.163 e. The van der Waals surface area contributed by atoms with E-state index < -0.39 is 0 Å². The third kappa shape index (κ3) is 4.86. The second-order valence-corrected chi connectivity index (χ2v) is 13.7. The minimum atomic E-state index is -0.350. The lowest BCUT2D eigenvalue weighted by atomic mass is 9.91. The molecule has 0 radical (unpaired) electrons. The van der Waals surface area contributed by atoms with Gasteiger partial charge < -0.3 is 14.2 Å². The van der Waals surface area contributed by atoms with Crippen LogP contribution in [0.3, 0.4) is 0 Å². The Hall–Kier alpha value is -7.24. The normalized spacial score (nSPS) is 14.5. The van der Waals surface area contributed by atoms with E-state index in [2.05, 4.69) is 139 Å². The summed E-state index contributed by atoms with van der Waals surface area (Å²) in [4.78, 5) is 10.5. The van der Waals surface area contributed by atoms with Crippen molar-refractivity contribution in [1.29, 1.82) is 0 Å². The molecule has 0 bridgehead atoms. The lowest BCUT2D eigenvalue weighted by Gasteiger charge is -2.24. The molecule has 0 amide bonds. The first kappa shape index (κ1) is 30.4. The zero-order valence-corrected chi connectivity index (χ0v) is 29.0. The summed E-state index contributed by atoms with van der Waals surface area (Å²) >= 11 is 0. The molecule has 3 heterocycles. The Kier molecular flexibility index (Phi) is 6.85. The van der Waals surface area contributed by atoms with E-state index >= 15 is 0 Å². The van der Waals surface area contributed by atoms with Gasteiger partial charge in [0.05, 0.1) is 5.56 Å². The molecule has 1 atom stereocenters. The first-order chi connectivity index (χ1) is 26.8. The third-order valence-electron chi connectivity index (χ3n) is 10.6. The van der Waals surface area contributed by atoms with Crippen LogP contribution in [0.1, 0.15) is 22.9 Å². The number of nitrogens with one attached hydrogen (secondary N) is 1. The number of aliphatic imine (C=N–C) groups is 2. The molecule has 11 rings (SSSR count). The number of rotatable bonds is 5. The van der Waals surface area contributed by atoms with Crippen molar-refractivity contribution in [2.75, 3.05) is 0 Å². The molecule has 1 aliphatic rings. The largest absolute Gasteiger partial charge is 0.456 e. The molecule has 5 heteroatoms. The van der Waals surface area contributed by atoms with Crippen molar-refractivity contribution in [1.82, 2.24) is 5.32 Å². The first-order valence-electron chi connectivity index (χ1n) is 18.2. The van der Waals surface area contributed by atoms with E-state index in [0.29, 0.717) is 5.84 Å². The molecule has 0 fully saturated rings. The van der Waals surface area contributed by atoms with Crippen LogP contribution in [0, 0.1) is 0 Å². The summed E-state index contributed by atoms with van der Waals surface area (Å²) in [7, 11) is 0. The highest BCUT2D eigenvalue weighted by Gasteiger charge is 2.25. The van der Waals surface area contributed by atoms with E-state index in [4.69, 9.17) is 18.8 Å². The number of furan rings is 2. The summed E-state index contributed by atoms with van der Waals surface area (Å²) in [5.74, 6) is 1.38. The number of benzene rings is 8. The second kappa shape index (κ2) is 12.2. The molecule has 10 aromatic rings. The number of amidine groups is 2. The van der Waals surface area contributed by atoms with Gasteiger partial charge in [0.2, 0.25) is 0 Å². The first-order valence-corrected chi connectivity index (χ1v) is 18.2. The molecule has 54 heavy (non-hydrogen) atoms. The molecule has 1 N–H and O–H groups in total.